The molecule has 1 amide bonds. The molecule has 1 aliphatic heterocycles. The lowest BCUT2D eigenvalue weighted by Crippen LogP contribution is -2.54. The van der Waals surface area contributed by atoms with Crippen LogP contribution in [0.5, 0.6) is 0 Å². The molecule has 128 valence electrons. The first kappa shape index (κ1) is 23.2. The molecule has 0 bridgehead atoms. The second-order valence-corrected chi connectivity index (χ2v) is 6.49. The van der Waals surface area contributed by atoms with Crippen molar-refractivity contribution >= 4 is 30.7 Å². The van der Waals surface area contributed by atoms with Crippen LogP contribution >= 0.6 is 24.8 Å². The lowest BCUT2D eigenvalue weighted by Gasteiger charge is -2.43. The zero-order valence-corrected chi connectivity index (χ0v) is 15.5. The molecule has 1 aliphatic rings. The molecule has 1 atom stereocenters. The zero-order valence-electron chi connectivity index (χ0n) is 13.9. The van der Waals surface area contributed by atoms with E-state index in [9.17, 15) is 4.79 Å². The van der Waals surface area contributed by atoms with Gasteiger partial charge in [0.05, 0.1) is 0 Å². The number of nitrogens with one attached hydrogen (secondary N) is 2. The smallest absolute Gasteiger partial charge is 0.220 e. The van der Waals surface area contributed by atoms with Crippen LogP contribution in [0.25, 0.3) is 0 Å². The molecule has 1 saturated heterocycles. The molecule has 0 radical (unpaired) electrons. The maximum absolute atomic E-state index is 11.8. The highest BCUT2D eigenvalue weighted by atomic mass is 35.5. The number of halogens is 2. The molecule has 1 fully saturated rings. The molecule has 21 heavy (non-hydrogen) atoms. The van der Waals surface area contributed by atoms with E-state index in [2.05, 4.69) is 36.3 Å². The van der Waals surface area contributed by atoms with Crippen LogP contribution in [-0.4, -0.2) is 49.6 Å². The standard InChI is InChI=1S/C15H31N3O.2ClH/c1-13-7-6-10-18(11-13)15(2,3)12-17-14(19)8-5-9-16-4;;/h13,16H,5-12H2,1-4H3,(H,17,19);2*1H. The third-order valence-corrected chi connectivity index (χ3v) is 4.06. The summed E-state index contributed by atoms with van der Waals surface area (Å²) in [5.41, 5.74) is 0.0628. The fraction of sp³-hybridized carbons (Fsp3) is 0.933. The first-order valence-electron chi connectivity index (χ1n) is 7.62. The van der Waals surface area contributed by atoms with Gasteiger partial charge in [0.1, 0.15) is 0 Å². The summed E-state index contributed by atoms with van der Waals surface area (Å²) in [5.74, 6) is 0.952. The van der Waals surface area contributed by atoms with Crippen LogP contribution in [0, 0.1) is 5.92 Å². The van der Waals surface area contributed by atoms with E-state index in [0.717, 1.165) is 38.5 Å². The van der Waals surface area contributed by atoms with Gasteiger partial charge in [-0.3, -0.25) is 9.69 Å². The summed E-state index contributed by atoms with van der Waals surface area (Å²) in [5, 5.41) is 6.15. The predicted molar refractivity (Wildman–Crippen MR) is 94.7 cm³/mol. The van der Waals surface area contributed by atoms with Crippen molar-refractivity contribution in [2.24, 2.45) is 5.92 Å². The Kier molecular flexibility index (Phi) is 12.8. The van der Waals surface area contributed by atoms with Crippen molar-refractivity contribution < 1.29 is 4.79 Å². The topological polar surface area (TPSA) is 44.4 Å². The molecule has 1 rings (SSSR count). The van der Waals surface area contributed by atoms with Crippen LogP contribution in [-0.2, 0) is 4.79 Å². The average Bonchev–Trinajstić information content (AvgIpc) is 2.37. The second kappa shape index (κ2) is 11.5. The number of likely N-dealkylation sites (tertiary alicyclic amines) is 1. The summed E-state index contributed by atoms with van der Waals surface area (Å²) in [6, 6.07) is 0. The van der Waals surface area contributed by atoms with E-state index in [1.807, 2.05) is 7.05 Å². The molecule has 0 aromatic rings. The van der Waals surface area contributed by atoms with E-state index < -0.39 is 0 Å². The summed E-state index contributed by atoms with van der Waals surface area (Å²) < 4.78 is 0. The first-order valence-corrected chi connectivity index (χ1v) is 7.62. The first-order chi connectivity index (χ1) is 8.95. The molecule has 2 N–H and O–H groups in total. The minimum Gasteiger partial charge on any atom is -0.354 e. The molecule has 0 aromatic heterocycles. The third kappa shape index (κ3) is 8.87. The number of amides is 1. The molecular weight excluding hydrogens is 309 g/mol. The normalized spacial score (nSPS) is 19.3. The van der Waals surface area contributed by atoms with E-state index in [-0.39, 0.29) is 36.3 Å². The Morgan fingerprint density at radius 3 is 2.57 bits per heavy atom. The van der Waals surface area contributed by atoms with Crippen molar-refractivity contribution in [1.82, 2.24) is 15.5 Å². The Bertz CT molecular complexity index is 288. The van der Waals surface area contributed by atoms with E-state index in [0.29, 0.717) is 6.42 Å². The van der Waals surface area contributed by atoms with Gasteiger partial charge in [-0.2, -0.15) is 0 Å². The van der Waals surface area contributed by atoms with Crippen LogP contribution in [0.2, 0.25) is 0 Å². The Hall–Kier alpha value is -0.0300. The molecule has 0 aromatic carbocycles. The maximum atomic E-state index is 11.8. The highest BCUT2D eigenvalue weighted by Gasteiger charge is 2.30. The monoisotopic (exact) mass is 341 g/mol. The largest absolute Gasteiger partial charge is 0.354 e. The number of carbonyl (C=O) groups excluding carboxylic acids is 1. The molecule has 0 spiro atoms. The van der Waals surface area contributed by atoms with Gasteiger partial charge in [0, 0.05) is 25.0 Å². The van der Waals surface area contributed by atoms with Crippen LogP contribution < -0.4 is 10.6 Å². The van der Waals surface area contributed by atoms with E-state index in [1.54, 1.807) is 0 Å². The molecule has 0 aliphatic carbocycles. The highest BCUT2D eigenvalue weighted by molar-refractivity contribution is 5.85. The van der Waals surface area contributed by atoms with Crippen LogP contribution in [0.15, 0.2) is 0 Å². The molecule has 4 nitrogen and oxygen atoms in total. The molecule has 0 saturated carbocycles. The van der Waals surface area contributed by atoms with Gasteiger partial charge in [0.15, 0.2) is 0 Å². The van der Waals surface area contributed by atoms with E-state index >= 15 is 0 Å². The predicted octanol–water partition coefficient (Wildman–Crippen LogP) is 2.46. The lowest BCUT2D eigenvalue weighted by atomic mass is 9.93. The number of carbonyl (C=O) groups is 1. The second-order valence-electron chi connectivity index (χ2n) is 6.49. The lowest BCUT2D eigenvalue weighted by molar-refractivity contribution is -0.121. The summed E-state index contributed by atoms with van der Waals surface area (Å²) >= 11 is 0. The van der Waals surface area contributed by atoms with Crippen molar-refractivity contribution in [3.8, 4) is 0 Å². The Morgan fingerprint density at radius 1 is 1.33 bits per heavy atom. The van der Waals surface area contributed by atoms with E-state index in [4.69, 9.17) is 0 Å². The summed E-state index contributed by atoms with van der Waals surface area (Å²) in [7, 11) is 1.92. The number of hydrogen-bond acceptors (Lipinski definition) is 3. The zero-order chi connectivity index (χ0) is 14.3. The molecule has 1 heterocycles. The van der Waals surface area contributed by atoms with Crippen LogP contribution in [0.1, 0.15) is 46.5 Å². The van der Waals surface area contributed by atoms with Gasteiger partial charge in [-0.05, 0) is 59.2 Å². The van der Waals surface area contributed by atoms with Gasteiger partial charge in [-0.15, -0.1) is 24.8 Å². The van der Waals surface area contributed by atoms with Crippen LogP contribution in [0.4, 0.5) is 0 Å². The van der Waals surface area contributed by atoms with Crippen molar-refractivity contribution in [3.05, 3.63) is 0 Å². The number of nitrogens with zero attached hydrogens (tertiary/aromatic N) is 1. The Morgan fingerprint density at radius 2 is 2.00 bits per heavy atom. The Balaban J connectivity index is 0. The van der Waals surface area contributed by atoms with Crippen molar-refractivity contribution in [2.75, 3.05) is 33.2 Å². The number of rotatable bonds is 7. The third-order valence-electron chi connectivity index (χ3n) is 4.06. The molecule has 6 heteroatoms. The Labute approximate surface area is 142 Å². The summed E-state index contributed by atoms with van der Waals surface area (Å²) in [6.07, 6.45) is 4.14. The minimum absolute atomic E-state index is 0. The van der Waals surface area contributed by atoms with Crippen LogP contribution in [0.3, 0.4) is 0 Å². The average molecular weight is 342 g/mol. The number of hydrogen-bond donors (Lipinski definition) is 2. The SMILES string of the molecule is CNCCCC(=O)NCC(C)(C)N1CCCC(C)C1.Cl.Cl. The van der Waals surface area contributed by atoms with Crippen molar-refractivity contribution in [2.45, 2.75) is 52.0 Å². The van der Waals surface area contributed by atoms with Gasteiger partial charge >= 0.3 is 0 Å². The highest BCUT2D eigenvalue weighted by Crippen LogP contribution is 2.23. The number of piperidine rings is 1. The minimum atomic E-state index is 0. The summed E-state index contributed by atoms with van der Waals surface area (Å²) in [6.45, 7) is 10.8. The van der Waals surface area contributed by atoms with Gasteiger partial charge in [0.25, 0.3) is 0 Å². The quantitative estimate of drug-likeness (QED) is 0.699. The maximum Gasteiger partial charge on any atom is 0.220 e. The van der Waals surface area contributed by atoms with Crippen molar-refractivity contribution in [1.29, 1.82) is 0 Å². The van der Waals surface area contributed by atoms with Gasteiger partial charge in [-0.1, -0.05) is 6.92 Å². The van der Waals surface area contributed by atoms with Gasteiger partial charge < -0.3 is 10.6 Å². The molecular formula is C15H33Cl2N3O. The van der Waals surface area contributed by atoms with Gasteiger partial charge in [0.2, 0.25) is 5.91 Å². The van der Waals surface area contributed by atoms with Gasteiger partial charge in [-0.25, -0.2) is 0 Å². The summed E-state index contributed by atoms with van der Waals surface area (Å²) in [4.78, 5) is 14.3. The van der Waals surface area contributed by atoms with Crippen molar-refractivity contribution in [3.63, 3.8) is 0 Å². The molecule has 1 unspecified atom stereocenters. The van der Waals surface area contributed by atoms with E-state index in [1.165, 1.54) is 12.8 Å². The fourth-order valence-electron chi connectivity index (χ4n) is 2.68. The fourth-order valence-corrected chi connectivity index (χ4v) is 2.68.